The van der Waals surface area contributed by atoms with E-state index in [-0.39, 0.29) is 0 Å². The molecule has 1 aromatic heterocycles. The molecule has 130 valence electrons. The highest BCUT2D eigenvalue weighted by Crippen LogP contribution is 2.41. The number of hydrogen-bond acceptors (Lipinski definition) is 3. The number of nitrogens with zero attached hydrogens (tertiary/aromatic N) is 1. The van der Waals surface area contributed by atoms with E-state index in [0.717, 1.165) is 55.7 Å². The Kier molecular flexibility index (Phi) is 7.10. The molecular weight excluding hydrogens is 298 g/mol. The van der Waals surface area contributed by atoms with Crippen LogP contribution in [-0.4, -0.2) is 19.2 Å². The summed E-state index contributed by atoms with van der Waals surface area (Å²) in [7, 11) is 3.47. The summed E-state index contributed by atoms with van der Waals surface area (Å²) < 4.78 is 11.4. The van der Waals surface area contributed by atoms with E-state index in [1.54, 1.807) is 14.2 Å². The summed E-state index contributed by atoms with van der Waals surface area (Å²) in [5.74, 6) is 1.81. The predicted molar refractivity (Wildman–Crippen MR) is 100 cm³/mol. The first-order valence-corrected chi connectivity index (χ1v) is 8.94. The summed E-state index contributed by atoms with van der Waals surface area (Å²) in [6, 6.07) is 8.13. The van der Waals surface area contributed by atoms with Gasteiger partial charge in [-0.05, 0) is 37.8 Å². The van der Waals surface area contributed by atoms with Crippen LogP contribution in [0.5, 0.6) is 11.5 Å². The van der Waals surface area contributed by atoms with Gasteiger partial charge in [-0.25, -0.2) is 0 Å². The fraction of sp³-hybridized carbons (Fsp3) is 0.476. The Morgan fingerprint density at radius 1 is 0.875 bits per heavy atom. The van der Waals surface area contributed by atoms with Crippen molar-refractivity contribution in [3.8, 4) is 22.8 Å². The zero-order valence-corrected chi connectivity index (χ0v) is 15.4. The Labute approximate surface area is 146 Å². The van der Waals surface area contributed by atoms with Gasteiger partial charge in [0.15, 0.2) is 0 Å². The van der Waals surface area contributed by atoms with Gasteiger partial charge >= 0.3 is 0 Å². The SMILES string of the molecule is CCCCc1c(OC)cc(OC)c(CCCC)c1-c1ccccn1. The summed E-state index contributed by atoms with van der Waals surface area (Å²) in [4.78, 5) is 4.63. The van der Waals surface area contributed by atoms with Gasteiger partial charge in [-0.15, -0.1) is 0 Å². The smallest absolute Gasteiger partial charge is 0.126 e. The molecule has 0 fully saturated rings. The lowest BCUT2D eigenvalue weighted by Gasteiger charge is -2.21. The van der Waals surface area contributed by atoms with Crippen LogP contribution in [0.25, 0.3) is 11.3 Å². The van der Waals surface area contributed by atoms with Gasteiger partial charge in [0, 0.05) is 29.0 Å². The number of rotatable bonds is 9. The largest absolute Gasteiger partial charge is 0.496 e. The minimum atomic E-state index is 0.904. The van der Waals surface area contributed by atoms with Crippen molar-refractivity contribution >= 4 is 0 Å². The van der Waals surface area contributed by atoms with E-state index in [0.29, 0.717) is 0 Å². The summed E-state index contributed by atoms with van der Waals surface area (Å²) in [5.41, 5.74) is 4.72. The highest BCUT2D eigenvalue weighted by atomic mass is 16.5. The van der Waals surface area contributed by atoms with Crippen molar-refractivity contribution in [2.24, 2.45) is 0 Å². The lowest BCUT2D eigenvalue weighted by Crippen LogP contribution is -2.04. The molecule has 1 aromatic carbocycles. The molecule has 0 saturated carbocycles. The molecule has 0 aliphatic heterocycles. The molecule has 0 spiro atoms. The molecule has 0 unspecified atom stereocenters. The lowest BCUT2D eigenvalue weighted by molar-refractivity contribution is 0.387. The Morgan fingerprint density at radius 3 is 1.88 bits per heavy atom. The van der Waals surface area contributed by atoms with Crippen molar-refractivity contribution in [1.29, 1.82) is 0 Å². The van der Waals surface area contributed by atoms with Crippen LogP contribution in [0.1, 0.15) is 50.7 Å². The molecule has 0 radical (unpaired) electrons. The van der Waals surface area contributed by atoms with Gasteiger partial charge < -0.3 is 9.47 Å². The van der Waals surface area contributed by atoms with Crippen LogP contribution in [-0.2, 0) is 12.8 Å². The molecule has 0 amide bonds. The Balaban J connectivity index is 2.70. The van der Waals surface area contributed by atoms with E-state index in [1.165, 1.54) is 16.7 Å². The van der Waals surface area contributed by atoms with E-state index >= 15 is 0 Å². The van der Waals surface area contributed by atoms with E-state index in [4.69, 9.17) is 9.47 Å². The summed E-state index contributed by atoms with van der Waals surface area (Å²) in [5, 5.41) is 0. The number of aromatic nitrogens is 1. The van der Waals surface area contributed by atoms with E-state index in [1.807, 2.05) is 24.4 Å². The Morgan fingerprint density at radius 2 is 1.46 bits per heavy atom. The molecular formula is C21H29NO2. The number of ether oxygens (including phenoxy) is 2. The van der Waals surface area contributed by atoms with E-state index in [2.05, 4.69) is 24.9 Å². The average molecular weight is 327 g/mol. The standard InChI is InChI=1S/C21H29NO2/c1-5-7-11-16-19(23-3)15-20(24-4)17(12-8-6-2)21(16)18-13-9-10-14-22-18/h9-10,13-15H,5-8,11-12H2,1-4H3. The van der Waals surface area contributed by atoms with Gasteiger partial charge in [-0.1, -0.05) is 32.8 Å². The maximum Gasteiger partial charge on any atom is 0.126 e. The fourth-order valence-corrected chi connectivity index (χ4v) is 3.11. The quantitative estimate of drug-likeness (QED) is 0.613. The normalized spacial score (nSPS) is 10.7. The van der Waals surface area contributed by atoms with Gasteiger partial charge in [-0.2, -0.15) is 0 Å². The van der Waals surface area contributed by atoms with E-state index < -0.39 is 0 Å². The van der Waals surface area contributed by atoms with Crippen molar-refractivity contribution < 1.29 is 9.47 Å². The molecule has 0 aliphatic rings. The third-order valence-corrected chi connectivity index (χ3v) is 4.38. The molecule has 3 heteroatoms. The first-order chi connectivity index (χ1) is 11.8. The highest BCUT2D eigenvalue weighted by molar-refractivity contribution is 5.74. The second-order valence-corrected chi connectivity index (χ2v) is 6.04. The minimum Gasteiger partial charge on any atom is -0.496 e. The zero-order valence-electron chi connectivity index (χ0n) is 15.4. The molecule has 0 atom stereocenters. The Bertz CT molecular complexity index is 604. The van der Waals surface area contributed by atoms with Crippen LogP contribution in [0.15, 0.2) is 30.5 Å². The first kappa shape index (κ1) is 18.3. The Hall–Kier alpha value is -2.03. The zero-order chi connectivity index (χ0) is 17.4. The monoisotopic (exact) mass is 327 g/mol. The molecule has 0 bridgehead atoms. The molecule has 3 nitrogen and oxygen atoms in total. The molecule has 0 aliphatic carbocycles. The predicted octanol–water partition coefficient (Wildman–Crippen LogP) is 5.45. The summed E-state index contributed by atoms with van der Waals surface area (Å²) in [6.07, 6.45) is 8.42. The van der Waals surface area contributed by atoms with Crippen molar-refractivity contribution in [3.63, 3.8) is 0 Å². The van der Waals surface area contributed by atoms with Gasteiger partial charge in [0.1, 0.15) is 11.5 Å². The molecule has 0 saturated heterocycles. The minimum absolute atomic E-state index is 0.904. The number of unbranched alkanes of at least 4 members (excludes halogenated alkanes) is 2. The third-order valence-electron chi connectivity index (χ3n) is 4.38. The molecule has 1 heterocycles. The average Bonchev–Trinajstić information content (AvgIpc) is 2.64. The van der Waals surface area contributed by atoms with Crippen LogP contribution < -0.4 is 9.47 Å². The molecule has 0 N–H and O–H groups in total. The van der Waals surface area contributed by atoms with Gasteiger partial charge in [0.05, 0.1) is 19.9 Å². The lowest BCUT2D eigenvalue weighted by atomic mass is 9.90. The highest BCUT2D eigenvalue weighted by Gasteiger charge is 2.20. The van der Waals surface area contributed by atoms with Crippen molar-refractivity contribution in [2.45, 2.75) is 52.4 Å². The fourth-order valence-electron chi connectivity index (χ4n) is 3.11. The molecule has 24 heavy (non-hydrogen) atoms. The third kappa shape index (κ3) is 4.08. The van der Waals surface area contributed by atoms with Crippen LogP contribution in [0.2, 0.25) is 0 Å². The summed E-state index contributed by atoms with van der Waals surface area (Å²) in [6.45, 7) is 4.43. The number of hydrogen-bond donors (Lipinski definition) is 0. The van der Waals surface area contributed by atoms with Crippen LogP contribution in [0.4, 0.5) is 0 Å². The van der Waals surface area contributed by atoms with Gasteiger partial charge in [0.25, 0.3) is 0 Å². The van der Waals surface area contributed by atoms with Crippen LogP contribution >= 0.6 is 0 Å². The first-order valence-electron chi connectivity index (χ1n) is 8.94. The summed E-state index contributed by atoms with van der Waals surface area (Å²) >= 11 is 0. The van der Waals surface area contributed by atoms with Gasteiger partial charge in [-0.3, -0.25) is 4.98 Å². The molecule has 2 rings (SSSR count). The molecule has 2 aromatic rings. The van der Waals surface area contributed by atoms with Gasteiger partial charge in [0.2, 0.25) is 0 Å². The van der Waals surface area contributed by atoms with Crippen LogP contribution in [0.3, 0.4) is 0 Å². The second-order valence-electron chi connectivity index (χ2n) is 6.04. The maximum atomic E-state index is 5.70. The topological polar surface area (TPSA) is 31.4 Å². The van der Waals surface area contributed by atoms with Crippen molar-refractivity contribution in [2.75, 3.05) is 14.2 Å². The van der Waals surface area contributed by atoms with E-state index in [9.17, 15) is 0 Å². The van der Waals surface area contributed by atoms with Crippen LogP contribution in [0, 0.1) is 0 Å². The van der Waals surface area contributed by atoms with Crippen molar-refractivity contribution in [3.05, 3.63) is 41.6 Å². The van der Waals surface area contributed by atoms with Crippen molar-refractivity contribution in [1.82, 2.24) is 4.98 Å². The number of methoxy groups -OCH3 is 2. The maximum absolute atomic E-state index is 5.70. The number of benzene rings is 1. The number of pyridine rings is 1. The second kappa shape index (κ2) is 9.31.